The Morgan fingerprint density at radius 3 is 2.79 bits per heavy atom. The fraction of sp³-hybridized carbons (Fsp3) is 0.333. The van der Waals surface area contributed by atoms with Crippen molar-refractivity contribution in [2.45, 2.75) is 58.4 Å². The number of amidine groups is 1. The van der Waals surface area contributed by atoms with E-state index in [1.807, 2.05) is 62.5 Å². The molecule has 3 N–H and O–H groups in total. The quantitative estimate of drug-likeness (QED) is 0.202. The number of fused-ring (bicyclic) bond motifs is 1. The van der Waals surface area contributed by atoms with E-state index in [0.717, 1.165) is 62.1 Å². The summed E-state index contributed by atoms with van der Waals surface area (Å²) in [5.74, 6) is 0.569. The van der Waals surface area contributed by atoms with E-state index in [-0.39, 0.29) is 11.9 Å². The van der Waals surface area contributed by atoms with Crippen molar-refractivity contribution in [2.75, 3.05) is 19.6 Å². The minimum absolute atomic E-state index is 0.0681. The highest BCUT2D eigenvalue weighted by Gasteiger charge is 2.27. The van der Waals surface area contributed by atoms with Crippen LogP contribution < -0.4 is 11.1 Å². The van der Waals surface area contributed by atoms with Gasteiger partial charge in [-0.05, 0) is 86.9 Å². The van der Waals surface area contributed by atoms with Gasteiger partial charge >= 0.3 is 0 Å². The number of carbonyl (C=O) groups is 1. The van der Waals surface area contributed by atoms with E-state index in [9.17, 15) is 4.79 Å². The zero-order chi connectivity index (χ0) is 30.0. The highest BCUT2D eigenvalue weighted by atomic mass is 16.1. The summed E-state index contributed by atoms with van der Waals surface area (Å²) in [6.07, 6.45) is 18.1. The SMILES string of the molecule is Cc1ccnc(C)c1C(=O)NCCC1=CC=CCC(CN(CCC(N)=Nc2ccccc2)C2CCCc3cccnc32)=C1. The largest absolute Gasteiger partial charge is 0.387 e. The van der Waals surface area contributed by atoms with E-state index >= 15 is 0 Å². The Kier molecular flexibility index (Phi) is 10.3. The summed E-state index contributed by atoms with van der Waals surface area (Å²) in [5, 5.41) is 3.10. The molecule has 0 aliphatic heterocycles. The summed E-state index contributed by atoms with van der Waals surface area (Å²) in [5.41, 5.74) is 14.8. The predicted octanol–water partition coefficient (Wildman–Crippen LogP) is 6.48. The molecule has 0 spiro atoms. The third kappa shape index (κ3) is 8.14. The molecule has 5 rings (SSSR count). The smallest absolute Gasteiger partial charge is 0.253 e. The minimum Gasteiger partial charge on any atom is -0.387 e. The lowest BCUT2D eigenvalue weighted by Crippen LogP contribution is -2.36. The van der Waals surface area contributed by atoms with Crippen molar-refractivity contribution in [3.05, 3.63) is 124 Å². The molecule has 0 saturated heterocycles. The normalized spacial score (nSPS) is 16.7. The standard InChI is InChI=1S/C36H42N6O/c1-26-17-21-38-27(2)34(26)36(43)40-22-18-28-10-6-7-11-29(24-28)25-42(23-19-33(37)41-31-14-4-3-5-15-31)32-16-8-12-30-13-9-20-39-35(30)32/h3-7,9-10,13-15,17,20-21,24,32H,8,11-12,16,18-19,22-23,25H2,1-2H3,(H2,37,41)(H,40,43). The molecule has 1 aromatic carbocycles. The topological polar surface area (TPSA) is 96.5 Å². The van der Waals surface area contributed by atoms with Gasteiger partial charge in [0.25, 0.3) is 5.91 Å². The van der Waals surface area contributed by atoms with E-state index in [4.69, 9.17) is 10.7 Å². The third-order valence-electron chi connectivity index (χ3n) is 8.19. The van der Waals surface area contributed by atoms with Gasteiger partial charge < -0.3 is 11.1 Å². The number of aliphatic imine (C=N–C) groups is 1. The number of aryl methyl sites for hydroxylation is 3. The van der Waals surface area contributed by atoms with Crippen LogP contribution in [0, 0.1) is 13.8 Å². The van der Waals surface area contributed by atoms with Crippen molar-refractivity contribution in [3.8, 4) is 0 Å². The minimum atomic E-state index is -0.0681. The molecule has 0 fully saturated rings. The highest BCUT2D eigenvalue weighted by Crippen LogP contribution is 2.34. The molecule has 1 amide bonds. The van der Waals surface area contributed by atoms with Crippen molar-refractivity contribution in [1.29, 1.82) is 0 Å². The lowest BCUT2D eigenvalue weighted by Gasteiger charge is -2.35. The van der Waals surface area contributed by atoms with Crippen LogP contribution in [0.15, 0.2) is 101 Å². The van der Waals surface area contributed by atoms with Crippen LogP contribution in [-0.2, 0) is 6.42 Å². The Morgan fingerprint density at radius 2 is 1.95 bits per heavy atom. The first kappa shape index (κ1) is 30.1. The Labute approximate surface area is 255 Å². The van der Waals surface area contributed by atoms with Crippen LogP contribution in [0.25, 0.3) is 0 Å². The number of nitrogens with one attached hydrogen (secondary N) is 1. The molecule has 7 heteroatoms. The number of benzene rings is 1. The maximum absolute atomic E-state index is 12.9. The van der Waals surface area contributed by atoms with Crippen LogP contribution >= 0.6 is 0 Å². The molecular weight excluding hydrogens is 532 g/mol. The first-order valence-corrected chi connectivity index (χ1v) is 15.3. The van der Waals surface area contributed by atoms with E-state index < -0.39 is 0 Å². The molecule has 1 atom stereocenters. The molecule has 2 aromatic heterocycles. The van der Waals surface area contributed by atoms with Gasteiger partial charge in [-0.1, -0.05) is 54.1 Å². The van der Waals surface area contributed by atoms with Gasteiger partial charge in [0.2, 0.25) is 0 Å². The number of para-hydroxylation sites is 1. The summed E-state index contributed by atoms with van der Waals surface area (Å²) < 4.78 is 0. The number of amides is 1. The van der Waals surface area contributed by atoms with Crippen LogP contribution in [0.5, 0.6) is 0 Å². The number of rotatable bonds is 11. The number of aromatic nitrogens is 2. The van der Waals surface area contributed by atoms with E-state index in [0.29, 0.717) is 24.4 Å². The number of hydrogen-bond acceptors (Lipinski definition) is 5. The van der Waals surface area contributed by atoms with E-state index in [1.165, 1.54) is 22.4 Å². The second-order valence-corrected chi connectivity index (χ2v) is 11.4. The molecule has 43 heavy (non-hydrogen) atoms. The van der Waals surface area contributed by atoms with E-state index in [2.05, 4.69) is 50.6 Å². The maximum Gasteiger partial charge on any atom is 0.253 e. The first-order chi connectivity index (χ1) is 21.0. The summed E-state index contributed by atoms with van der Waals surface area (Å²) in [6, 6.07) is 16.3. The van der Waals surface area contributed by atoms with Crippen molar-refractivity contribution < 1.29 is 4.79 Å². The molecule has 2 heterocycles. The predicted molar refractivity (Wildman–Crippen MR) is 174 cm³/mol. The van der Waals surface area contributed by atoms with Gasteiger partial charge in [0.1, 0.15) is 5.84 Å². The average molecular weight is 575 g/mol. The molecule has 1 unspecified atom stereocenters. The molecule has 0 saturated carbocycles. The number of hydrogen-bond donors (Lipinski definition) is 2. The Bertz CT molecular complexity index is 1520. The summed E-state index contributed by atoms with van der Waals surface area (Å²) in [6.45, 7) is 6.00. The van der Waals surface area contributed by atoms with Crippen LogP contribution in [0.4, 0.5) is 5.69 Å². The van der Waals surface area contributed by atoms with Crippen LogP contribution in [0.2, 0.25) is 0 Å². The second-order valence-electron chi connectivity index (χ2n) is 11.4. The van der Waals surface area contributed by atoms with Gasteiger partial charge in [-0.2, -0.15) is 0 Å². The highest BCUT2D eigenvalue weighted by molar-refractivity contribution is 5.96. The number of nitrogens with two attached hydrogens (primary N) is 1. The van der Waals surface area contributed by atoms with Crippen molar-refractivity contribution in [3.63, 3.8) is 0 Å². The number of pyridine rings is 2. The molecule has 2 aliphatic carbocycles. The average Bonchev–Trinajstić information content (AvgIpc) is 3.24. The zero-order valence-corrected chi connectivity index (χ0v) is 25.3. The Balaban J connectivity index is 1.29. The van der Waals surface area contributed by atoms with Crippen LogP contribution in [-0.4, -0.2) is 46.2 Å². The van der Waals surface area contributed by atoms with Gasteiger partial charge in [0.05, 0.1) is 28.7 Å². The summed E-state index contributed by atoms with van der Waals surface area (Å²) >= 11 is 0. The lowest BCUT2D eigenvalue weighted by molar-refractivity contribution is 0.0952. The van der Waals surface area contributed by atoms with E-state index in [1.54, 1.807) is 6.20 Å². The monoisotopic (exact) mass is 574 g/mol. The van der Waals surface area contributed by atoms with Gasteiger partial charge in [-0.15, -0.1) is 0 Å². The zero-order valence-electron chi connectivity index (χ0n) is 25.3. The summed E-state index contributed by atoms with van der Waals surface area (Å²) in [7, 11) is 0. The molecule has 2 aliphatic rings. The number of nitrogens with zero attached hydrogens (tertiary/aromatic N) is 4. The fourth-order valence-corrected chi connectivity index (χ4v) is 6.02. The van der Waals surface area contributed by atoms with Gasteiger partial charge in [-0.25, -0.2) is 4.99 Å². The van der Waals surface area contributed by atoms with Crippen LogP contribution in [0.3, 0.4) is 0 Å². The molecule has 0 bridgehead atoms. The van der Waals surface area contributed by atoms with Gasteiger partial charge in [-0.3, -0.25) is 19.7 Å². The Morgan fingerprint density at radius 1 is 1.09 bits per heavy atom. The second kappa shape index (κ2) is 14.7. The summed E-state index contributed by atoms with van der Waals surface area (Å²) in [4.78, 5) is 29.2. The van der Waals surface area contributed by atoms with Crippen molar-refractivity contribution in [1.82, 2.24) is 20.2 Å². The first-order valence-electron chi connectivity index (χ1n) is 15.3. The van der Waals surface area contributed by atoms with Crippen molar-refractivity contribution >= 4 is 17.4 Å². The van der Waals surface area contributed by atoms with Gasteiger partial charge in [0.15, 0.2) is 0 Å². The molecule has 222 valence electrons. The fourth-order valence-electron chi connectivity index (χ4n) is 6.02. The molecule has 0 radical (unpaired) electrons. The lowest BCUT2D eigenvalue weighted by atomic mass is 9.90. The number of carbonyl (C=O) groups excluding carboxylic acids is 1. The van der Waals surface area contributed by atoms with Crippen LogP contribution in [0.1, 0.15) is 71.0 Å². The molecule has 3 aromatic rings. The van der Waals surface area contributed by atoms with Gasteiger partial charge in [0, 0.05) is 38.4 Å². The molecular formula is C36H42N6O. The molecule has 7 nitrogen and oxygen atoms in total. The maximum atomic E-state index is 12.9. The van der Waals surface area contributed by atoms with Crippen molar-refractivity contribution in [2.24, 2.45) is 10.7 Å². The third-order valence-corrected chi connectivity index (χ3v) is 8.19. The number of allylic oxidation sites excluding steroid dienone is 4. The Hall–Kier alpha value is -4.36.